The maximum absolute atomic E-state index is 12.4. The summed E-state index contributed by atoms with van der Waals surface area (Å²) < 4.78 is 5.47. The molecule has 1 unspecified atom stereocenters. The molecule has 0 radical (unpaired) electrons. The summed E-state index contributed by atoms with van der Waals surface area (Å²) in [6, 6.07) is 7.50. The third-order valence-electron chi connectivity index (χ3n) is 3.92. The Balaban J connectivity index is 2.00. The van der Waals surface area contributed by atoms with E-state index < -0.39 is 0 Å². The van der Waals surface area contributed by atoms with Gasteiger partial charge in [0.15, 0.2) is 5.78 Å². The second-order valence-electron chi connectivity index (χ2n) is 5.33. The van der Waals surface area contributed by atoms with Crippen molar-refractivity contribution in [1.82, 2.24) is 0 Å². The highest BCUT2D eigenvalue weighted by molar-refractivity contribution is 6.30. The highest BCUT2D eigenvalue weighted by Gasteiger charge is 2.29. The molecule has 0 aromatic heterocycles. The molecule has 19 heavy (non-hydrogen) atoms. The number of methoxy groups -OCH3 is 1. The number of ether oxygens (including phenoxy) is 1. The van der Waals surface area contributed by atoms with E-state index in [-0.39, 0.29) is 11.9 Å². The molecule has 1 fully saturated rings. The molecule has 0 saturated heterocycles. The molecule has 1 saturated carbocycles. The van der Waals surface area contributed by atoms with Gasteiger partial charge in [0.05, 0.1) is 0 Å². The van der Waals surface area contributed by atoms with Crippen LogP contribution in [0.1, 0.15) is 37.7 Å². The van der Waals surface area contributed by atoms with Crippen molar-refractivity contribution in [3.05, 3.63) is 34.9 Å². The summed E-state index contributed by atoms with van der Waals surface area (Å²) in [6.45, 7) is 0. The average molecular weight is 281 g/mol. The zero-order valence-corrected chi connectivity index (χ0v) is 12.2. The van der Waals surface area contributed by atoms with Crippen LogP contribution in [0, 0.1) is 5.92 Å². The minimum atomic E-state index is -0.251. The number of hydrogen-bond donors (Lipinski definition) is 0. The minimum absolute atomic E-state index is 0.177. The first-order valence-electron chi connectivity index (χ1n) is 7.00. The van der Waals surface area contributed by atoms with Crippen LogP contribution in [0.4, 0.5) is 0 Å². The summed E-state index contributed by atoms with van der Waals surface area (Å²) in [5.41, 5.74) is 0.968. The monoisotopic (exact) mass is 280 g/mol. The summed E-state index contributed by atoms with van der Waals surface area (Å²) in [7, 11) is 1.65. The molecular weight excluding hydrogens is 260 g/mol. The van der Waals surface area contributed by atoms with E-state index in [1.807, 2.05) is 24.3 Å². The molecule has 104 valence electrons. The predicted octanol–water partition coefficient (Wildman–Crippen LogP) is 4.05. The van der Waals surface area contributed by atoms with Gasteiger partial charge >= 0.3 is 0 Å². The van der Waals surface area contributed by atoms with Crippen LogP contribution in [0.25, 0.3) is 0 Å². The smallest absolute Gasteiger partial charge is 0.166 e. The van der Waals surface area contributed by atoms with Gasteiger partial charge in [-0.2, -0.15) is 0 Å². The number of hydrogen-bond acceptors (Lipinski definition) is 2. The van der Waals surface area contributed by atoms with Gasteiger partial charge in [-0.1, -0.05) is 43.0 Å². The molecule has 0 amide bonds. The molecule has 2 rings (SSSR count). The number of ketones is 1. The van der Waals surface area contributed by atoms with Crippen LogP contribution in [0.2, 0.25) is 5.02 Å². The van der Waals surface area contributed by atoms with Gasteiger partial charge in [-0.3, -0.25) is 4.79 Å². The largest absolute Gasteiger partial charge is 0.373 e. The summed E-state index contributed by atoms with van der Waals surface area (Å²) in [6.07, 6.45) is 6.11. The first-order valence-corrected chi connectivity index (χ1v) is 7.38. The third kappa shape index (κ3) is 4.05. The molecular formula is C16H21ClO2. The van der Waals surface area contributed by atoms with Gasteiger partial charge in [0.2, 0.25) is 0 Å². The van der Waals surface area contributed by atoms with Gasteiger partial charge in [-0.25, -0.2) is 0 Å². The minimum Gasteiger partial charge on any atom is -0.373 e. The Hall–Kier alpha value is -0.860. The molecule has 0 aliphatic heterocycles. The van der Waals surface area contributed by atoms with E-state index in [4.69, 9.17) is 16.3 Å². The van der Waals surface area contributed by atoms with E-state index in [2.05, 4.69) is 0 Å². The van der Waals surface area contributed by atoms with Gasteiger partial charge < -0.3 is 4.74 Å². The summed E-state index contributed by atoms with van der Waals surface area (Å²) in [5.74, 6) is 0.571. The average Bonchev–Trinajstić information content (AvgIpc) is 2.41. The van der Waals surface area contributed by atoms with E-state index in [1.165, 1.54) is 19.3 Å². The normalized spacial score (nSPS) is 18.2. The fourth-order valence-electron chi connectivity index (χ4n) is 2.97. The molecule has 1 atom stereocenters. The Kier molecular flexibility index (Phi) is 5.41. The molecule has 1 aliphatic carbocycles. The molecule has 0 spiro atoms. The Morgan fingerprint density at radius 1 is 1.37 bits per heavy atom. The van der Waals surface area contributed by atoms with Crippen molar-refractivity contribution in [2.24, 2.45) is 5.92 Å². The molecule has 2 nitrogen and oxygen atoms in total. The first-order chi connectivity index (χ1) is 9.20. The van der Waals surface area contributed by atoms with E-state index in [0.717, 1.165) is 18.4 Å². The van der Waals surface area contributed by atoms with E-state index in [9.17, 15) is 4.79 Å². The van der Waals surface area contributed by atoms with Crippen LogP contribution >= 0.6 is 11.6 Å². The van der Waals surface area contributed by atoms with Crippen LogP contribution in [0.3, 0.4) is 0 Å². The SMILES string of the molecule is COC(C(=O)Cc1cccc(Cl)c1)C1CCCCC1. The molecule has 0 N–H and O–H groups in total. The summed E-state index contributed by atoms with van der Waals surface area (Å²) in [4.78, 5) is 12.4. The zero-order valence-electron chi connectivity index (χ0n) is 11.4. The Labute approximate surface area is 120 Å². The molecule has 0 heterocycles. The fraction of sp³-hybridized carbons (Fsp3) is 0.562. The van der Waals surface area contributed by atoms with Gasteiger partial charge in [0.1, 0.15) is 6.10 Å². The van der Waals surface area contributed by atoms with Crippen molar-refractivity contribution in [2.75, 3.05) is 7.11 Å². The number of carbonyl (C=O) groups is 1. The maximum Gasteiger partial charge on any atom is 0.166 e. The quantitative estimate of drug-likeness (QED) is 0.813. The van der Waals surface area contributed by atoms with Crippen LogP contribution < -0.4 is 0 Å². The molecule has 1 aromatic rings. The number of carbonyl (C=O) groups excluding carboxylic acids is 1. The lowest BCUT2D eigenvalue weighted by Gasteiger charge is -2.28. The van der Waals surface area contributed by atoms with Gasteiger partial charge in [0, 0.05) is 18.6 Å². The molecule has 0 bridgehead atoms. The fourth-order valence-corrected chi connectivity index (χ4v) is 3.19. The van der Waals surface area contributed by atoms with Gasteiger partial charge in [0.25, 0.3) is 0 Å². The first kappa shape index (κ1) is 14.5. The van der Waals surface area contributed by atoms with Crippen LogP contribution in [0.5, 0.6) is 0 Å². The van der Waals surface area contributed by atoms with Crippen molar-refractivity contribution >= 4 is 17.4 Å². The topological polar surface area (TPSA) is 26.3 Å². The van der Waals surface area contributed by atoms with Crippen molar-refractivity contribution < 1.29 is 9.53 Å². The predicted molar refractivity (Wildman–Crippen MR) is 77.5 cm³/mol. The van der Waals surface area contributed by atoms with Crippen LogP contribution in [0.15, 0.2) is 24.3 Å². The molecule has 1 aliphatic rings. The third-order valence-corrected chi connectivity index (χ3v) is 4.15. The van der Waals surface area contributed by atoms with E-state index in [1.54, 1.807) is 7.11 Å². The number of halogens is 1. The van der Waals surface area contributed by atoms with Gasteiger partial charge in [-0.15, -0.1) is 0 Å². The second-order valence-corrected chi connectivity index (χ2v) is 5.76. The second kappa shape index (κ2) is 7.06. The Morgan fingerprint density at radius 2 is 2.11 bits per heavy atom. The Morgan fingerprint density at radius 3 is 2.74 bits per heavy atom. The number of Topliss-reactive ketones (excluding diaryl/α,β-unsaturated/α-hetero) is 1. The Bertz CT molecular complexity index is 425. The van der Waals surface area contributed by atoms with E-state index in [0.29, 0.717) is 17.4 Å². The van der Waals surface area contributed by atoms with Crippen LogP contribution in [-0.2, 0) is 16.0 Å². The van der Waals surface area contributed by atoms with Crippen molar-refractivity contribution in [3.63, 3.8) is 0 Å². The van der Waals surface area contributed by atoms with Gasteiger partial charge in [-0.05, 0) is 36.5 Å². The summed E-state index contributed by atoms with van der Waals surface area (Å²) >= 11 is 5.95. The zero-order chi connectivity index (χ0) is 13.7. The lowest BCUT2D eigenvalue weighted by molar-refractivity contribution is -0.132. The maximum atomic E-state index is 12.4. The van der Waals surface area contributed by atoms with Crippen molar-refractivity contribution in [2.45, 2.75) is 44.6 Å². The molecule has 1 aromatic carbocycles. The summed E-state index contributed by atoms with van der Waals surface area (Å²) in [5, 5.41) is 0.678. The van der Waals surface area contributed by atoms with E-state index >= 15 is 0 Å². The number of rotatable bonds is 5. The number of benzene rings is 1. The van der Waals surface area contributed by atoms with Crippen molar-refractivity contribution in [3.8, 4) is 0 Å². The van der Waals surface area contributed by atoms with Crippen molar-refractivity contribution in [1.29, 1.82) is 0 Å². The molecule has 3 heteroatoms. The lowest BCUT2D eigenvalue weighted by atomic mass is 9.82. The standard InChI is InChI=1S/C16H21ClO2/c1-19-16(13-7-3-2-4-8-13)15(18)11-12-6-5-9-14(17)10-12/h5-6,9-10,13,16H,2-4,7-8,11H2,1H3. The highest BCUT2D eigenvalue weighted by atomic mass is 35.5. The lowest BCUT2D eigenvalue weighted by Crippen LogP contribution is -2.34. The van der Waals surface area contributed by atoms with Crippen LogP contribution in [-0.4, -0.2) is 19.0 Å². The highest BCUT2D eigenvalue weighted by Crippen LogP contribution is 2.28.